The van der Waals surface area contributed by atoms with Crippen molar-refractivity contribution in [2.75, 3.05) is 37.5 Å². The molecule has 0 amide bonds. The van der Waals surface area contributed by atoms with Crippen molar-refractivity contribution in [2.45, 2.75) is 101 Å². The van der Waals surface area contributed by atoms with E-state index in [0.29, 0.717) is 35.8 Å². The number of esters is 1. The molecule has 6 atom stereocenters. The molecule has 4 aliphatic rings. The van der Waals surface area contributed by atoms with Crippen LogP contribution < -0.4 is 9.64 Å². The summed E-state index contributed by atoms with van der Waals surface area (Å²) in [4.78, 5) is 24.2. The molecule has 3 aromatic rings. The van der Waals surface area contributed by atoms with Gasteiger partial charge in [-0.2, -0.15) is 0 Å². The van der Waals surface area contributed by atoms with Crippen molar-refractivity contribution in [3.05, 3.63) is 88.7 Å². The maximum absolute atomic E-state index is 12.8. The van der Waals surface area contributed by atoms with Gasteiger partial charge in [-0.1, -0.05) is 62.4 Å². The second kappa shape index (κ2) is 15.7. The number of thioether (sulfide) groups is 1. The van der Waals surface area contributed by atoms with Gasteiger partial charge in [-0.05, 0) is 134 Å². The number of allylic oxidation sites excluding steroid dienone is 1. The van der Waals surface area contributed by atoms with Crippen molar-refractivity contribution in [3.63, 3.8) is 0 Å². The van der Waals surface area contributed by atoms with Crippen LogP contribution in [-0.4, -0.2) is 62.9 Å². The van der Waals surface area contributed by atoms with Gasteiger partial charge >= 0.3 is 5.97 Å². The van der Waals surface area contributed by atoms with Crippen LogP contribution in [0.1, 0.15) is 80.8 Å². The Kier molecular flexibility index (Phi) is 11.4. The van der Waals surface area contributed by atoms with E-state index in [1.807, 2.05) is 42.7 Å². The van der Waals surface area contributed by atoms with Crippen LogP contribution in [0.25, 0.3) is 0 Å². The third kappa shape index (κ3) is 8.24. The maximum atomic E-state index is 12.8. The summed E-state index contributed by atoms with van der Waals surface area (Å²) < 4.78 is 19.2. The van der Waals surface area contributed by atoms with E-state index in [1.165, 1.54) is 31.1 Å². The summed E-state index contributed by atoms with van der Waals surface area (Å²) in [7, 11) is -0.626. The minimum absolute atomic E-state index is 0.0663. The molecule has 2 fully saturated rings. The molecule has 53 heavy (non-hydrogen) atoms. The van der Waals surface area contributed by atoms with E-state index in [4.69, 9.17) is 25.5 Å². The quantitative estimate of drug-likeness (QED) is 0.0627. The van der Waals surface area contributed by atoms with E-state index in [1.54, 1.807) is 11.8 Å². The van der Waals surface area contributed by atoms with E-state index in [9.17, 15) is 4.79 Å². The fourth-order valence-electron chi connectivity index (χ4n) is 8.53. The number of aromatic nitrogens is 2. The summed E-state index contributed by atoms with van der Waals surface area (Å²) in [5.41, 5.74) is 4.02. The van der Waals surface area contributed by atoms with Gasteiger partial charge in [0.15, 0.2) is 13.5 Å². The van der Waals surface area contributed by atoms with E-state index in [-0.39, 0.29) is 22.5 Å². The van der Waals surface area contributed by atoms with Crippen LogP contribution in [0.3, 0.4) is 0 Å². The van der Waals surface area contributed by atoms with Crippen molar-refractivity contribution in [2.24, 2.45) is 23.7 Å². The number of fused-ring (bicyclic) bond motifs is 3. The molecule has 0 radical (unpaired) electrons. The molecule has 3 aliphatic carbocycles. The van der Waals surface area contributed by atoms with Crippen LogP contribution in [0.5, 0.6) is 5.75 Å². The van der Waals surface area contributed by atoms with Gasteiger partial charge in [0.05, 0.1) is 31.1 Å². The minimum Gasteiger partial charge on any atom is -0.490 e. The fraction of sp³-hybridized carbons (Fsp3) is 0.558. The molecule has 1 spiro atoms. The third-order valence-corrected chi connectivity index (χ3v) is 18.8. The largest absolute Gasteiger partial charge is 0.490 e. The summed E-state index contributed by atoms with van der Waals surface area (Å²) in [6.07, 6.45) is 16.6. The molecule has 0 bridgehead atoms. The first kappa shape index (κ1) is 38.4. The van der Waals surface area contributed by atoms with Crippen molar-refractivity contribution in [1.29, 1.82) is 0 Å². The Morgan fingerprint density at radius 1 is 1.11 bits per heavy atom. The molecule has 2 heterocycles. The molecule has 7 nitrogen and oxygen atoms in total. The van der Waals surface area contributed by atoms with E-state index < -0.39 is 8.32 Å². The summed E-state index contributed by atoms with van der Waals surface area (Å²) in [6, 6.07) is 14.1. The molecule has 1 unspecified atom stereocenters. The molecule has 1 aliphatic heterocycles. The van der Waals surface area contributed by atoms with Gasteiger partial charge < -0.3 is 18.8 Å². The molecule has 10 heteroatoms. The van der Waals surface area contributed by atoms with Crippen molar-refractivity contribution in [3.8, 4) is 5.75 Å². The summed E-state index contributed by atoms with van der Waals surface area (Å²) >= 11 is 8.29. The lowest BCUT2D eigenvalue weighted by Gasteiger charge is -2.48. The number of anilines is 1. The molecular weight excluding hydrogens is 718 g/mol. The van der Waals surface area contributed by atoms with Gasteiger partial charge in [-0.25, -0.2) is 14.8 Å². The number of aryl methyl sites for hydroxylation is 1. The average Bonchev–Trinajstić information content (AvgIpc) is 3.25. The molecule has 7 rings (SSSR count). The molecule has 0 N–H and O–H groups in total. The maximum Gasteiger partial charge on any atom is 0.337 e. The Morgan fingerprint density at radius 2 is 1.91 bits per heavy atom. The zero-order valence-electron chi connectivity index (χ0n) is 32.3. The summed E-state index contributed by atoms with van der Waals surface area (Å²) in [5.74, 6) is 3.58. The number of hydrogen-bond acceptors (Lipinski definition) is 8. The van der Waals surface area contributed by atoms with Gasteiger partial charge in [0.2, 0.25) is 0 Å². The van der Waals surface area contributed by atoms with E-state index >= 15 is 0 Å². The first-order chi connectivity index (χ1) is 25.4. The number of methoxy groups -OCH3 is 1. The molecule has 2 saturated carbocycles. The van der Waals surface area contributed by atoms with E-state index in [0.717, 1.165) is 72.6 Å². The first-order valence-electron chi connectivity index (χ1n) is 19.5. The standard InChI is InChI=1S/C43H56ClN3O4SSi/c1-42(2,3)53(5,6)51-38(18-13-29-10-11-33(29)26-52-41-45-21-8-22-46-41)35-16-12-32(35)25-47-27-43(20-7-9-30-23-34(44)15-17-36(30)43)28-50-39-19-14-31(24-37(39)47)40(48)49-4/h8,13-15,17-19,21-24,29,32-33,35,38H,7,9-12,16,20,25-28H2,1-6H3/b18-13+/t29-,32+,33-,35-,38+,43?/m1/s1. The zero-order chi connectivity index (χ0) is 37.4. The highest BCUT2D eigenvalue weighted by atomic mass is 35.5. The predicted octanol–water partition coefficient (Wildman–Crippen LogP) is 10.2. The average molecular weight is 775 g/mol. The Balaban J connectivity index is 1.16. The van der Waals surface area contributed by atoms with Crippen LogP contribution in [0.15, 0.2) is 72.2 Å². The highest BCUT2D eigenvalue weighted by Crippen LogP contribution is 2.49. The highest BCUT2D eigenvalue weighted by molar-refractivity contribution is 7.99. The summed E-state index contributed by atoms with van der Waals surface area (Å²) in [5, 5.41) is 1.76. The van der Waals surface area contributed by atoms with Crippen molar-refractivity contribution in [1.82, 2.24) is 9.97 Å². The Bertz CT molecular complexity index is 1800. The smallest absolute Gasteiger partial charge is 0.337 e. The molecule has 1 aromatic heterocycles. The Morgan fingerprint density at radius 3 is 2.60 bits per heavy atom. The van der Waals surface area contributed by atoms with E-state index in [2.05, 4.69) is 73.0 Å². The number of hydrogen-bond donors (Lipinski definition) is 0. The third-order valence-electron chi connectivity index (χ3n) is 13.0. The molecular formula is C43H56ClN3O4SSi. The highest BCUT2D eigenvalue weighted by Gasteiger charge is 2.47. The number of carbonyl (C=O) groups excluding carboxylic acids is 1. The number of carbonyl (C=O) groups is 1. The fourth-order valence-corrected chi connectivity index (χ4v) is 11.1. The number of ether oxygens (including phenoxy) is 2. The summed E-state index contributed by atoms with van der Waals surface area (Å²) in [6.45, 7) is 14.1. The Hall–Kier alpha value is -2.85. The topological polar surface area (TPSA) is 73.8 Å². The number of halogens is 1. The second-order valence-corrected chi connectivity index (χ2v) is 23.5. The van der Waals surface area contributed by atoms with Crippen molar-refractivity contribution < 1.29 is 18.7 Å². The lowest BCUT2D eigenvalue weighted by molar-refractivity contribution is 0.0519. The van der Waals surface area contributed by atoms with Crippen LogP contribution in [0.4, 0.5) is 5.69 Å². The van der Waals surface area contributed by atoms with Gasteiger partial charge in [0.25, 0.3) is 0 Å². The minimum atomic E-state index is -2.07. The van der Waals surface area contributed by atoms with Gasteiger partial charge in [0, 0.05) is 41.7 Å². The van der Waals surface area contributed by atoms with Gasteiger partial charge in [0.1, 0.15) is 5.75 Å². The van der Waals surface area contributed by atoms with Crippen LogP contribution in [0, 0.1) is 23.7 Å². The number of benzene rings is 2. The first-order valence-corrected chi connectivity index (χ1v) is 23.8. The second-order valence-electron chi connectivity index (χ2n) is 17.4. The zero-order valence-corrected chi connectivity index (χ0v) is 34.8. The van der Waals surface area contributed by atoms with Gasteiger partial charge in [-0.3, -0.25) is 0 Å². The predicted molar refractivity (Wildman–Crippen MR) is 218 cm³/mol. The van der Waals surface area contributed by atoms with Crippen LogP contribution in [-0.2, 0) is 21.0 Å². The molecule has 2 aromatic carbocycles. The van der Waals surface area contributed by atoms with Gasteiger partial charge in [-0.15, -0.1) is 0 Å². The van der Waals surface area contributed by atoms with Crippen LogP contribution >= 0.6 is 23.4 Å². The SMILES string of the molecule is COC(=O)c1ccc2c(c1)N(C[C@@H]1CC[C@H]1[C@H](/C=C/[C@H]1CC[C@@H]1CSc1ncccn1)O[Si](C)(C)C(C)(C)C)CC1(CCCc3cc(Cl)ccc31)CO2. The van der Waals surface area contributed by atoms with Crippen molar-refractivity contribution >= 4 is 43.3 Å². The lowest BCUT2D eigenvalue weighted by Crippen LogP contribution is -2.52. The number of rotatable bonds is 11. The lowest BCUT2D eigenvalue weighted by atomic mass is 9.68. The normalized spacial score (nSPS) is 26.1. The molecule has 284 valence electrons. The Labute approximate surface area is 326 Å². The monoisotopic (exact) mass is 773 g/mol. The molecule has 0 saturated heterocycles. The van der Waals surface area contributed by atoms with Crippen LogP contribution in [0.2, 0.25) is 23.2 Å². The number of nitrogens with zero attached hydrogens (tertiary/aromatic N) is 3.